The van der Waals surface area contributed by atoms with Crippen LogP contribution < -0.4 is 5.73 Å². The van der Waals surface area contributed by atoms with E-state index in [0.717, 1.165) is 25.1 Å². The number of aryl methyl sites for hydroxylation is 1. The zero-order valence-electron chi connectivity index (χ0n) is 11.7. The molecule has 0 spiro atoms. The molecule has 0 bridgehead atoms. The van der Waals surface area contributed by atoms with Gasteiger partial charge in [0.25, 0.3) is 0 Å². The number of hydrogen-bond donors (Lipinski definition) is 1. The third-order valence-electron chi connectivity index (χ3n) is 3.53. The summed E-state index contributed by atoms with van der Waals surface area (Å²) in [6, 6.07) is 10.4. The smallest absolute Gasteiger partial charge is 0.0760 e. The van der Waals surface area contributed by atoms with Gasteiger partial charge in [0.15, 0.2) is 0 Å². The van der Waals surface area contributed by atoms with Crippen molar-refractivity contribution in [2.75, 3.05) is 0 Å². The zero-order chi connectivity index (χ0) is 13.7. The van der Waals surface area contributed by atoms with E-state index in [1.165, 1.54) is 5.56 Å². The van der Waals surface area contributed by atoms with Gasteiger partial charge in [0.1, 0.15) is 0 Å². The van der Waals surface area contributed by atoms with Crippen LogP contribution in [0.4, 0.5) is 0 Å². The van der Waals surface area contributed by atoms with Gasteiger partial charge in [-0.3, -0.25) is 0 Å². The van der Waals surface area contributed by atoms with Gasteiger partial charge in [-0.15, -0.1) is 5.10 Å². The van der Waals surface area contributed by atoms with E-state index in [9.17, 15) is 0 Å². The number of nitrogens with two attached hydrogens (primary N) is 1. The molecule has 2 aromatic rings. The summed E-state index contributed by atoms with van der Waals surface area (Å²) >= 11 is 0. The van der Waals surface area contributed by atoms with Crippen molar-refractivity contribution < 1.29 is 0 Å². The fraction of sp³-hybridized carbons (Fsp3) is 0.467. The first-order valence-electron chi connectivity index (χ1n) is 6.96. The molecule has 2 atom stereocenters. The number of nitrogens with zero attached hydrogens (tertiary/aromatic N) is 3. The molecule has 2 rings (SSSR count). The standard InChI is InChI=1S/C15H22N4/c1-3-10-19-14(11-17-18-19)15(16)13(4-2)12-8-6-5-7-9-12/h5-9,11,13,15H,3-4,10,16H2,1-2H3. The minimum Gasteiger partial charge on any atom is -0.322 e. The number of benzene rings is 1. The van der Waals surface area contributed by atoms with Gasteiger partial charge in [0.2, 0.25) is 0 Å². The molecule has 4 nitrogen and oxygen atoms in total. The summed E-state index contributed by atoms with van der Waals surface area (Å²) < 4.78 is 1.93. The molecule has 0 saturated heterocycles. The van der Waals surface area contributed by atoms with Gasteiger partial charge in [-0.25, -0.2) is 4.68 Å². The molecule has 0 aliphatic carbocycles. The van der Waals surface area contributed by atoms with Gasteiger partial charge in [-0.05, 0) is 18.4 Å². The predicted molar refractivity (Wildman–Crippen MR) is 76.7 cm³/mol. The number of rotatable bonds is 6. The summed E-state index contributed by atoms with van der Waals surface area (Å²) in [4.78, 5) is 0. The molecule has 2 N–H and O–H groups in total. The number of hydrogen-bond acceptors (Lipinski definition) is 3. The third kappa shape index (κ3) is 3.01. The monoisotopic (exact) mass is 258 g/mol. The van der Waals surface area contributed by atoms with E-state index >= 15 is 0 Å². The van der Waals surface area contributed by atoms with Crippen LogP contribution in [0.2, 0.25) is 0 Å². The van der Waals surface area contributed by atoms with Crippen molar-refractivity contribution in [3.63, 3.8) is 0 Å². The van der Waals surface area contributed by atoms with Crippen molar-refractivity contribution in [3.05, 3.63) is 47.8 Å². The zero-order valence-corrected chi connectivity index (χ0v) is 11.7. The van der Waals surface area contributed by atoms with Crippen LogP contribution in [-0.4, -0.2) is 15.0 Å². The highest BCUT2D eigenvalue weighted by molar-refractivity contribution is 5.23. The maximum atomic E-state index is 6.46. The molecule has 0 aliphatic rings. The van der Waals surface area contributed by atoms with Crippen molar-refractivity contribution in [2.24, 2.45) is 5.73 Å². The van der Waals surface area contributed by atoms with Crippen LogP contribution in [0.3, 0.4) is 0 Å². The molecule has 1 aromatic carbocycles. The lowest BCUT2D eigenvalue weighted by Gasteiger charge is -2.23. The van der Waals surface area contributed by atoms with Crippen LogP contribution >= 0.6 is 0 Å². The summed E-state index contributed by atoms with van der Waals surface area (Å²) in [5.41, 5.74) is 8.76. The van der Waals surface area contributed by atoms with E-state index in [1.807, 2.05) is 10.7 Å². The first kappa shape index (κ1) is 13.7. The SMILES string of the molecule is CCCn1nncc1C(N)C(CC)c1ccccc1. The molecule has 102 valence electrons. The lowest BCUT2D eigenvalue weighted by atomic mass is 9.88. The summed E-state index contributed by atoms with van der Waals surface area (Å²) in [6.07, 6.45) is 3.83. The molecule has 0 radical (unpaired) electrons. The summed E-state index contributed by atoms with van der Waals surface area (Å²) in [5, 5.41) is 8.13. The Morgan fingerprint density at radius 2 is 1.95 bits per heavy atom. The normalized spacial score (nSPS) is 14.3. The van der Waals surface area contributed by atoms with Gasteiger partial charge in [0.05, 0.1) is 17.9 Å². The van der Waals surface area contributed by atoms with Crippen molar-refractivity contribution >= 4 is 0 Å². The Hall–Kier alpha value is -1.68. The predicted octanol–water partition coefficient (Wildman–Crippen LogP) is 2.88. The van der Waals surface area contributed by atoms with Crippen molar-refractivity contribution in [1.29, 1.82) is 0 Å². The minimum atomic E-state index is -0.0612. The molecule has 4 heteroatoms. The molecule has 0 amide bonds. The second-order valence-electron chi connectivity index (χ2n) is 4.83. The summed E-state index contributed by atoms with van der Waals surface area (Å²) in [6.45, 7) is 5.17. The number of aromatic nitrogens is 3. The molecule has 1 aromatic heterocycles. The van der Waals surface area contributed by atoms with Crippen LogP contribution in [0.25, 0.3) is 0 Å². The van der Waals surface area contributed by atoms with Crippen LogP contribution in [0.15, 0.2) is 36.5 Å². The Kier molecular flexibility index (Phi) is 4.68. The second-order valence-corrected chi connectivity index (χ2v) is 4.83. The second kappa shape index (κ2) is 6.48. The highest BCUT2D eigenvalue weighted by Gasteiger charge is 2.23. The van der Waals surface area contributed by atoms with E-state index in [0.29, 0.717) is 5.92 Å². The van der Waals surface area contributed by atoms with Crippen LogP contribution in [-0.2, 0) is 6.54 Å². The first-order valence-corrected chi connectivity index (χ1v) is 6.96. The van der Waals surface area contributed by atoms with Gasteiger partial charge in [-0.1, -0.05) is 49.4 Å². The Bertz CT molecular complexity index is 492. The molecular weight excluding hydrogens is 236 g/mol. The Morgan fingerprint density at radius 1 is 1.21 bits per heavy atom. The topological polar surface area (TPSA) is 56.7 Å². The van der Waals surface area contributed by atoms with Crippen molar-refractivity contribution in [2.45, 2.75) is 45.2 Å². The molecule has 0 saturated carbocycles. The fourth-order valence-electron chi connectivity index (χ4n) is 2.51. The third-order valence-corrected chi connectivity index (χ3v) is 3.53. The van der Waals surface area contributed by atoms with Gasteiger partial charge >= 0.3 is 0 Å². The fourth-order valence-corrected chi connectivity index (χ4v) is 2.51. The maximum Gasteiger partial charge on any atom is 0.0760 e. The van der Waals surface area contributed by atoms with Crippen LogP contribution in [0.5, 0.6) is 0 Å². The van der Waals surface area contributed by atoms with E-state index in [2.05, 4.69) is 48.4 Å². The van der Waals surface area contributed by atoms with E-state index in [4.69, 9.17) is 5.73 Å². The van der Waals surface area contributed by atoms with Crippen LogP contribution in [0.1, 0.15) is 49.9 Å². The lowest BCUT2D eigenvalue weighted by molar-refractivity contribution is 0.472. The van der Waals surface area contributed by atoms with Crippen LogP contribution in [0, 0.1) is 0 Å². The summed E-state index contributed by atoms with van der Waals surface area (Å²) in [7, 11) is 0. The Labute approximate surface area is 114 Å². The highest BCUT2D eigenvalue weighted by atomic mass is 15.4. The van der Waals surface area contributed by atoms with Crippen molar-refractivity contribution in [3.8, 4) is 0 Å². The average Bonchev–Trinajstić information content (AvgIpc) is 2.89. The molecule has 0 fully saturated rings. The maximum absolute atomic E-state index is 6.46. The molecule has 0 aliphatic heterocycles. The molecule has 19 heavy (non-hydrogen) atoms. The molecule has 2 unspecified atom stereocenters. The quantitative estimate of drug-likeness (QED) is 0.866. The van der Waals surface area contributed by atoms with Gasteiger partial charge in [0, 0.05) is 12.5 Å². The minimum absolute atomic E-state index is 0.0612. The van der Waals surface area contributed by atoms with Crippen molar-refractivity contribution in [1.82, 2.24) is 15.0 Å². The van der Waals surface area contributed by atoms with Gasteiger partial charge < -0.3 is 5.73 Å². The largest absolute Gasteiger partial charge is 0.322 e. The Balaban J connectivity index is 2.25. The lowest BCUT2D eigenvalue weighted by Crippen LogP contribution is -2.23. The van der Waals surface area contributed by atoms with E-state index < -0.39 is 0 Å². The molecule has 1 heterocycles. The van der Waals surface area contributed by atoms with E-state index in [1.54, 1.807) is 6.20 Å². The Morgan fingerprint density at radius 3 is 2.58 bits per heavy atom. The first-order chi connectivity index (χ1) is 9.27. The average molecular weight is 258 g/mol. The molecular formula is C15H22N4. The van der Waals surface area contributed by atoms with E-state index in [-0.39, 0.29) is 6.04 Å². The summed E-state index contributed by atoms with van der Waals surface area (Å²) in [5.74, 6) is 0.301. The van der Waals surface area contributed by atoms with Gasteiger partial charge in [-0.2, -0.15) is 0 Å². The highest BCUT2D eigenvalue weighted by Crippen LogP contribution is 2.31.